The Labute approximate surface area is 214 Å². The third kappa shape index (κ3) is 5.07. The lowest BCUT2D eigenvalue weighted by Crippen LogP contribution is -2.19. The molecule has 3 heterocycles. The largest absolute Gasteiger partial charge is 0.325 e. The minimum absolute atomic E-state index is 0.0514. The Hall–Kier alpha value is -3.27. The molecule has 1 N–H and O–H groups in total. The first-order valence-corrected chi connectivity index (χ1v) is 13.7. The van der Waals surface area contributed by atoms with E-state index < -0.39 is 0 Å². The molecule has 0 saturated carbocycles. The van der Waals surface area contributed by atoms with Crippen LogP contribution in [0.25, 0.3) is 21.3 Å². The lowest BCUT2D eigenvalue weighted by Gasteiger charge is -2.07. The summed E-state index contributed by atoms with van der Waals surface area (Å²) in [5.74, 6) is 0.479. The summed E-state index contributed by atoms with van der Waals surface area (Å²) < 4.78 is 1.61. The molecule has 1 amide bonds. The van der Waals surface area contributed by atoms with Gasteiger partial charge in [0.05, 0.1) is 17.5 Å². The second-order valence-electron chi connectivity index (χ2n) is 8.02. The number of aryl methyl sites for hydroxylation is 1. The van der Waals surface area contributed by atoms with Crippen LogP contribution in [0, 0.1) is 6.92 Å². The van der Waals surface area contributed by atoms with E-state index in [9.17, 15) is 9.59 Å². The Bertz CT molecular complexity index is 1570. The van der Waals surface area contributed by atoms with Crippen LogP contribution < -0.4 is 10.9 Å². The number of rotatable bonds is 7. The smallest absolute Gasteiger partial charge is 0.263 e. The van der Waals surface area contributed by atoms with E-state index >= 15 is 0 Å². The Balaban J connectivity index is 1.28. The molecule has 5 aromatic rings. The van der Waals surface area contributed by atoms with Gasteiger partial charge in [0, 0.05) is 34.8 Å². The van der Waals surface area contributed by atoms with Crippen LogP contribution in [-0.4, -0.2) is 20.4 Å². The van der Waals surface area contributed by atoms with Crippen LogP contribution in [0.5, 0.6) is 0 Å². The van der Waals surface area contributed by atoms with Gasteiger partial charge in [-0.15, -0.1) is 22.7 Å². The molecule has 0 atom stereocenters. The quantitative estimate of drug-likeness (QED) is 0.214. The molecule has 0 aliphatic carbocycles. The Morgan fingerprint density at radius 3 is 2.60 bits per heavy atom. The number of para-hydroxylation sites is 1. The monoisotopic (exact) mass is 518 g/mol. The second kappa shape index (κ2) is 10.2. The average Bonchev–Trinajstić information content (AvgIpc) is 3.49. The molecule has 0 aliphatic rings. The SMILES string of the molecule is Cc1ccccc1NC(=O)Cc1nc(CSc2nc3scc(-c4ccccc4)c3c(=O)n2C)cs1. The third-order valence-electron chi connectivity index (χ3n) is 5.54. The minimum atomic E-state index is -0.0886. The highest BCUT2D eigenvalue weighted by atomic mass is 32.2. The average molecular weight is 519 g/mol. The van der Waals surface area contributed by atoms with Gasteiger partial charge < -0.3 is 5.32 Å². The van der Waals surface area contributed by atoms with E-state index in [1.165, 1.54) is 34.4 Å². The molecule has 0 unspecified atom stereocenters. The summed E-state index contributed by atoms with van der Waals surface area (Å²) in [5.41, 5.74) is 4.58. The maximum absolute atomic E-state index is 13.2. The lowest BCUT2D eigenvalue weighted by molar-refractivity contribution is -0.115. The number of thiophene rings is 1. The van der Waals surface area contributed by atoms with Crippen LogP contribution in [-0.2, 0) is 24.0 Å². The lowest BCUT2D eigenvalue weighted by atomic mass is 10.1. The van der Waals surface area contributed by atoms with Crippen molar-refractivity contribution < 1.29 is 4.79 Å². The zero-order valence-corrected chi connectivity index (χ0v) is 21.6. The highest BCUT2D eigenvalue weighted by Gasteiger charge is 2.16. The van der Waals surface area contributed by atoms with Gasteiger partial charge in [-0.05, 0) is 24.1 Å². The molecule has 0 radical (unpaired) electrons. The molecule has 0 bridgehead atoms. The van der Waals surface area contributed by atoms with E-state index in [2.05, 4.69) is 10.3 Å². The number of carbonyl (C=O) groups is 1. The van der Waals surface area contributed by atoms with Gasteiger partial charge in [0.2, 0.25) is 5.91 Å². The van der Waals surface area contributed by atoms with Crippen LogP contribution in [0.15, 0.2) is 75.3 Å². The number of aromatic nitrogens is 3. The van der Waals surface area contributed by atoms with Crippen molar-refractivity contribution in [3.05, 3.63) is 92.0 Å². The van der Waals surface area contributed by atoms with E-state index in [0.717, 1.165) is 37.9 Å². The summed E-state index contributed by atoms with van der Waals surface area (Å²) in [4.78, 5) is 35.7. The van der Waals surface area contributed by atoms with Crippen LogP contribution in [0.3, 0.4) is 0 Å². The highest BCUT2D eigenvalue weighted by molar-refractivity contribution is 7.98. The van der Waals surface area contributed by atoms with Gasteiger partial charge in [0.1, 0.15) is 9.84 Å². The fraction of sp³-hybridized carbons (Fsp3) is 0.154. The van der Waals surface area contributed by atoms with Crippen molar-refractivity contribution in [2.24, 2.45) is 7.05 Å². The summed E-state index contributed by atoms with van der Waals surface area (Å²) in [5, 5.41) is 8.96. The molecule has 5 rings (SSSR count). The number of hydrogen-bond acceptors (Lipinski definition) is 7. The minimum Gasteiger partial charge on any atom is -0.325 e. The summed E-state index contributed by atoms with van der Waals surface area (Å²) in [6, 6.07) is 17.6. The van der Waals surface area contributed by atoms with E-state index in [-0.39, 0.29) is 17.9 Å². The number of thiazole rings is 1. The first-order valence-electron chi connectivity index (χ1n) is 10.9. The molecule has 9 heteroatoms. The van der Waals surface area contributed by atoms with Crippen molar-refractivity contribution >= 4 is 56.2 Å². The zero-order valence-electron chi connectivity index (χ0n) is 19.1. The van der Waals surface area contributed by atoms with Crippen LogP contribution in [0.4, 0.5) is 5.69 Å². The number of benzene rings is 2. The number of nitrogens with one attached hydrogen (secondary N) is 1. The number of amides is 1. The van der Waals surface area contributed by atoms with Gasteiger partial charge in [-0.1, -0.05) is 60.3 Å². The Morgan fingerprint density at radius 1 is 1.03 bits per heavy atom. The fourth-order valence-corrected chi connectivity index (χ4v) is 6.44. The first-order chi connectivity index (χ1) is 17.0. The van der Waals surface area contributed by atoms with Gasteiger partial charge in [0.15, 0.2) is 5.16 Å². The number of anilines is 1. The van der Waals surface area contributed by atoms with Crippen molar-refractivity contribution in [1.29, 1.82) is 0 Å². The van der Waals surface area contributed by atoms with Crippen LogP contribution in [0.2, 0.25) is 0 Å². The third-order valence-corrected chi connectivity index (χ3v) is 8.37. The maximum atomic E-state index is 13.2. The topological polar surface area (TPSA) is 76.9 Å². The van der Waals surface area contributed by atoms with Gasteiger partial charge in [-0.2, -0.15) is 0 Å². The Kier molecular flexibility index (Phi) is 6.81. The summed E-state index contributed by atoms with van der Waals surface area (Å²) in [6.07, 6.45) is 0.226. The predicted molar refractivity (Wildman–Crippen MR) is 145 cm³/mol. The normalized spacial score (nSPS) is 11.1. The molecular weight excluding hydrogens is 497 g/mol. The molecule has 0 spiro atoms. The molecule has 0 saturated heterocycles. The summed E-state index contributed by atoms with van der Waals surface area (Å²) in [7, 11) is 1.76. The molecule has 176 valence electrons. The van der Waals surface area contributed by atoms with E-state index in [4.69, 9.17) is 4.98 Å². The van der Waals surface area contributed by atoms with Gasteiger partial charge in [-0.25, -0.2) is 9.97 Å². The fourth-order valence-electron chi connectivity index (χ4n) is 3.69. The molecular formula is C26H22N4O2S3. The van der Waals surface area contributed by atoms with Crippen LogP contribution in [0.1, 0.15) is 16.3 Å². The number of nitrogens with zero attached hydrogens (tertiary/aromatic N) is 3. The molecule has 2 aromatic carbocycles. The maximum Gasteiger partial charge on any atom is 0.263 e. The van der Waals surface area contributed by atoms with Gasteiger partial charge >= 0.3 is 0 Å². The number of thioether (sulfide) groups is 1. The Morgan fingerprint density at radius 2 is 1.80 bits per heavy atom. The van der Waals surface area contributed by atoms with Crippen LogP contribution >= 0.6 is 34.4 Å². The van der Waals surface area contributed by atoms with E-state index in [1.54, 1.807) is 11.6 Å². The molecule has 35 heavy (non-hydrogen) atoms. The van der Waals surface area contributed by atoms with Crippen molar-refractivity contribution in [2.75, 3.05) is 5.32 Å². The molecule has 6 nitrogen and oxygen atoms in total. The van der Waals surface area contributed by atoms with Crippen molar-refractivity contribution in [1.82, 2.24) is 14.5 Å². The summed E-state index contributed by atoms with van der Waals surface area (Å²) in [6.45, 7) is 1.96. The van der Waals surface area contributed by atoms with E-state index in [0.29, 0.717) is 16.3 Å². The van der Waals surface area contributed by atoms with Gasteiger partial charge in [0.25, 0.3) is 5.56 Å². The van der Waals surface area contributed by atoms with E-state index in [1.807, 2.05) is 72.3 Å². The highest BCUT2D eigenvalue weighted by Crippen LogP contribution is 2.32. The molecule has 0 fully saturated rings. The number of fused-ring (bicyclic) bond motifs is 1. The number of hydrogen-bond donors (Lipinski definition) is 1. The zero-order chi connectivity index (χ0) is 24.4. The van der Waals surface area contributed by atoms with Gasteiger partial charge in [-0.3, -0.25) is 14.2 Å². The van der Waals surface area contributed by atoms with Crippen molar-refractivity contribution in [3.63, 3.8) is 0 Å². The standard InChI is InChI=1S/C26H22N4O2S3/c1-16-8-6-7-11-20(16)28-21(31)12-22-27-18(13-33-22)14-35-26-29-24-23(25(32)30(26)2)19(15-34-24)17-9-4-3-5-10-17/h3-11,13,15H,12,14H2,1-2H3,(H,28,31). The second-order valence-corrected chi connectivity index (χ2v) is 10.8. The van der Waals surface area contributed by atoms with Crippen molar-refractivity contribution in [3.8, 4) is 11.1 Å². The molecule has 3 aromatic heterocycles. The first kappa shape index (κ1) is 23.5. The number of carbonyl (C=O) groups excluding carboxylic acids is 1. The molecule has 0 aliphatic heterocycles. The van der Waals surface area contributed by atoms with Crippen molar-refractivity contribution in [2.45, 2.75) is 24.3 Å². The summed E-state index contributed by atoms with van der Waals surface area (Å²) >= 11 is 4.42. The predicted octanol–water partition coefficient (Wildman–Crippen LogP) is 5.90.